The van der Waals surface area contributed by atoms with Gasteiger partial charge in [-0.1, -0.05) is 198 Å². The van der Waals surface area contributed by atoms with E-state index in [0.29, 0.717) is 5.92 Å². The minimum atomic E-state index is 0. The molecule has 0 aromatic heterocycles. The molecule has 0 heteroatoms. The standard InChI is InChI=1S/C12H18.C11H16.C9H12.2C2H6.5CH4/c1-4-5-11-6-8-12(9-7-11)10(2)3;1-3-7-11-9-6-5-8-10(11)4-2;1-3-9-6-4-8(2)5-7-9;2*1-2;;;;;/h6-10H,4-5H2,1-3H3;5-6,8-9H,3-4,7H2,1-2H3;4-7H,3H2,1-2H3;2*1-2H3;5*1H4. The SMILES string of the molecule is C.C.C.C.C.CC.CC.CCCc1ccc(C(C)C)cc1.CCCc1ccccc1CC.CCc1ccc(C)cc1. The van der Waals surface area contributed by atoms with E-state index in [4.69, 9.17) is 0 Å². The van der Waals surface area contributed by atoms with Crippen LogP contribution in [0.4, 0.5) is 0 Å². The van der Waals surface area contributed by atoms with E-state index in [1.165, 1.54) is 59.1 Å². The van der Waals surface area contributed by atoms with Crippen molar-refractivity contribution in [1.82, 2.24) is 0 Å². The number of hydrogen-bond donors (Lipinski definition) is 0. The fraction of sp³-hybridized carbons (Fsp3) is 0.561. The van der Waals surface area contributed by atoms with E-state index in [2.05, 4.69) is 121 Å². The predicted octanol–water partition coefficient (Wildman–Crippen LogP) is 14.8. The average molecular weight is 571 g/mol. The van der Waals surface area contributed by atoms with E-state index >= 15 is 0 Å². The molecule has 0 unspecified atom stereocenters. The van der Waals surface area contributed by atoms with Crippen molar-refractivity contribution < 1.29 is 0 Å². The van der Waals surface area contributed by atoms with Gasteiger partial charge < -0.3 is 0 Å². The molecule has 3 aromatic rings. The second kappa shape index (κ2) is 37.7. The van der Waals surface area contributed by atoms with Crippen LogP contribution in [0.2, 0.25) is 0 Å². The zero-order valence-corrected chi connectivity index (χ0v) is 25.7. The molecular formula is C41H78. The van der Waals surface area contributed by atoms with Gasteiger partial charge in [0, 0.05) is 0 Å². The van der Waals surface area contributed by atoms with Crippen LogP contribution in [0.25, 0.3) is 0 Å². The van der Waals surface area contributed by atoms with Crippen molar-refractivity contribution in [3.05, 3.63) is 106 Å². The molecule has 0 aliphatic rings. The molecule has 242 valence electrons. The monoisotopic (exact) mass is 571 g/mol. The zero-order chi connectivity index (χ0) is 27.8. The summed E-state index contributed by atoms with van der Waals surface area (Å²) in [6.45, 7) is 23.4. The molecule has 0 spiro atoms. The third kappa shape index (κ3) is 26.3. The first kappa shape index (κ1) is 54.7. The van der Waals surface area contributed by atoms with Crippen molar-refractivity contribution in [2.24, 2.45) is 0 Å². The number of hydrogen-bond acceptors (Lipinski definition) is 0. The van der Waals surface area contributed by atoms with Crippen molar-refractivity contribution in [1.29, 1.82) is 0 Å². The van der Waals surface area contributed by atoms with Gasteiger partial charge in [0.25, 0.3) is 0 Å². The molecular weight excluding hydrogens is 492 g/mol. The van der Waals surface area contributed by atoms with Gasteiger partial charge in [0.15, 0.2) is 0 Å². The van der Waals surface area contributed by atoms with Gasteiger partial charge in [-0.05, 0) is 66.3 Å². The highest BCUT2D eigenvalue weighted by atomic mass is 14.0. The smallest absolute Gasteiger partial charge is 0.0219 e. The summed E-state index contributed by atoms with van der Waals surface area (Å²) in [5, 5.41) is 0. The van der Waals surface area contributed by atoms with Crippen molar-refractivity contribution >= 4 is 0 Å². The van der Waals surface area contributed by atoms with Crippen LogP contribution in [0.3, 0.4) is 0 Å². The summed E-state index contributed by atoms with van der Waals surface area (Å²) in [6, 6.07) is 26.4. The molecule has 0 radical (unpaired) electrons. The minimum Gasteiger partial charge on any atom is -0.0776 e. The highest BCUT2D eigenvalue weighted by Gasteiger charge is 1.98. The molecule has 0 fully saturated rings. The average Bonchev–Trinajstić information content (AvgIpc) is 2.93. The number of benzene rings is 3. The molecule has 0 atom stereocenters. The Balaban J connectivity index is -0.0000000757. The third-order valence-corrected chi connectivity index (χ3v) is 5.73. The highest BCUT2D eigenvalue weighted by Crippen LogP contribution is 2.15. The molecule has 0 aliphatic carbocycles. The van der Waals surface area contributed by atoms with Crippen molar-refractivity contribution in [2.75, 3.05) is 0 Å². The third-order valence-electron chi connectivity index (χ3n) is 5.73. The molecule has 0 saturated carbocycles. The second-order valence-electron chi connectivity index (χ2n) is 8.86. The fourth-order valence-electron chi connectivity index (χ4n) is 3.60. The molecule has 0 bridgehead atoms. The van der Waals surface area contributed by atoms with Gasteiger partial charge in [-0.15, -0.1) is 0 Å². The van der Waals surface area contributed by atoms with E-state index < -0.39 is 0 Å². The summed E-state index contributed by atoms with van der Waals surface area (Å²) in [5.74, 6) is 0.653. The topological polar surface area (TPSA) is 0 Å². The van der Waals surface area contributed by atoms with E-state index in [1.54, 1.807) is 0 Å². The van der Waals surface area contributed by atoms with E-state index in [1.807, 2.05) is 27.7 Å². The van der Waals surface area contributed by atoms with Crippen LogP contribution in [0.1, 0.15) is 159 Å². The van der Waals surface area contributed by atoms with Crippen molar-refractivity contribution in [3.63, 3.8) is 0 Å². The van der Waals surface area contributed by atoms with Crippen LogP contribution in [0.5, 0.6) is 0 Å². The first-order chi connectivity index (χ1) is 17.4. The van der Waals surface area contributed by atoms with Gasteiger partial charge in [0.2, 0.25) is 0 Å². The lowest BCUT2D eigenvalue weighted by Crippen LogP contribution is -1.90. The summed E-state index contributed by atoms with van der Waals surface area (Å²) in [7, 11) is 0. The summed E-state index contributed by atoms with van der Waals surface area (Å²) >= 11 is 0. The van der Waals surface area contributed by atoms with Crippen LogP contribution in [-0.2, 0) is 25.7 Å². The minimum absolute atomic E-state index is 0. The van der Waals surface area contributed by atoms with Crippen molar-refractivity contribution in [3.8, 4) is 0 Å². The van der Waals surface area contributed by atoms with Gasteiger partial charge in [0.05, 0.1) is 0 Å². The van der Waals surface area contributed by atoms with Gasteiger partial charge in [-0.3, -0.25) is 0 Å². The molecule has 0 N–H and O–H groups in total. The first-order valence-corrected chi connectivity index (χ1v) is 14.7. The maximum absolute atomic E-state index is 2.25. The first-order valence-electron chi connectivity index (χ1n) is 14.7. The van der Waals surface area contributed by atoms with Crippen LogP contribution in [0, 0.1) is 6.92 Å². The largest absolute Gasteiger partial charge is 0.0776 e. The Labute approximate surface area is 263 Å². The Bertz CT molecular complexity index is 838. The normalized spacial score (nSPS) is 8.20. The number of aryl methyl sites for hydroxylation is 5. The molecule has 0 heterocycles. The highest BCUT2D eigenvalue weighted by molar-refractivity contribution is 5.27. The van der Waals surface area contributed by atoms with Gasteiger partial charge in [0.1, 0.15) is 0 Å². The Kier molecular flexibility index (Phi) is 50.2. The fourth-order valence-corrected chi connectivity index (χ4v) is 3.60. The van der Waals surface area contributed by atoms with Crippen LogP contribution < -0.4 is 0 Å². The molecule has 3 rings (SSSR count). The lowest BCUT2D eigenvalue weighted by atomic mass is 10.0. The summed E-state index contributed by atoms with van der Waals surface area (Å²) in [5.41, 5.74) is 8.69. The zero-order valence-electron chi connectivity index (χ0n) is 25.7. The summed E-state index contributed by atoms with van der Waals surface area (Å²) < 4.78 is 0. The van der Waals surface area contributed by atoms with Crippen LogP contribution >= 0.6 is 0 Å². The molecule has 3 aromatic carbocycles. The van der Waals surface area contributed by atoms with Gasteiger partial charge >= 0.3 is 0 Å². The van der Waals surface area contributed by atoms with E-state index in [0.717, 1.165) is 12.8 Å². The van der Waals surface area contributed by atoms with Gasteiger partial charge in [-0.25, -0.2) is 0 Å². The summed E-state index contributed by atoms with van der Waals surface area (Å²) in [4.78, 5) is 0. The molecule has 0 saturated heterocycles. The lowest BCUT2D eigenvalue weighted by molar-refractivity contribution is 0.861. The van der Waals surface area contributed by atoms with E-state index in [-0.39, 0.29) is 37.1 Å². The van der Waals surface area contributed by atoms with E-state index in [9.17, 15) is 0 Å². The number of rotatable bonds is 7. The van der Waals surface area contributed by atoms with Crippen LogP contribution in [-0.4, -0.2) is 0 Å². The summed E-state index contributed by atoms with van der Waals surface area (Å²) in [6.07, 6.45) is 7.22. The quantitative estimate of drug-likeness (QED) is 0.265. The van der Waals surface area contributed by atoms with Crippen molar-refractivity contribution in [2.45, 2.75) is 158 Å². The molecule has 41 heavy (non-hydrogen) atoms. The Morgan fingerprint density at radius 2 is 0.902 bits per heavy atom. The van der Waals surface area contributed by atoms with Crippen LogP contribution in [0.15, 0.2) is 72.8 Å². The van der Waals surface area contributed by atoms with Gasteiger partial charge in [-0.2, -0.15) is 0 Å². The Morgan fingerprint density at radius 3 is 1.27 bits per heavy atom. The Morgan fingerprint density at radius 1 is 0.488 bits per heavy atom. The Hall–Kier alpha value is -2.34. The maximum Gasteiger partial charge on any atom is -0.0219 e. The molecule has 0 nitrogen and oxygen atoms in total. The maximum atomic E-state index is 2.25. The molecule has 0 aliphatic heterocycles. The molecule has 0 amide bonds. The second-order valence-corrected chi connectivity index (χ2v) is 8.86. The lowest BCUT2D eigenvalue weighted by Gasteiger charge is -2.05. The predicted molar refractivity (Wildman–Crippen MR) is 201 cm³/mol.